The molecule has 1 spiro atoms. The Bertz CT molecular complexity index is 472. The molecule has 0 amide bonds. The van der Waals surface area contributed by atoms with Crippen LogP contribution < -0.4 is 0 Å². The van der Waals surface area contributed by atoms with Gasteiger partial charge in [0.15, 0.2) is 0 Å². The maximum absolute atomic E-state index is 11.4. The molecule has 2 nitrogen and oxygen atoms in total. The van der Waals surface area contributed by atoms with Gasteiger partial charge in [0.1, 0.15) is 0 Å². The van der Waals surface area contributed by atoms with E-state index < -0.39 is 5.60 Å². The summed E-state index contributed by atoms with van der Waals surface area (Å²) in [5.41, 5.74) is 1.04. The predicted molar refractivity (Wildman–Crippen MR) is 94.6 cm³/mol. The van der Waals surface area contributed by atoms with Crippen LogP contribution in [0.4, 0.5) is 0 Å². The second-order valence-corrected chi connectivity index (χ2v) is 7.18. The lowest BCUT2D eigenvalue weighted by atomic mass is 9.59. The van der Waals surface area contributed by atoms with Crippen LogP contribution in [0.3, 0.4) is 0 Å². The van der Waals surface area contributed by atoms with Crippen molar-refractivity contribution in [3.8, 4) is 0 Å². The first-order chi connectivity index (χ1) is 10.1. The van der Waals surface area contributed by atoms with Crippen LogP contribution in [0.15, 0.2) is 30.3 Å². The zero-order valence-electron chi connectivity index (χ0n) is 13.9. The Balaban J connectivity index is 0.00000176. The number of nitrogens with zero attached hydrogens (tertiary/aromatic N) is 1. The largest absolute Gasteiger partial charge is 0.389 e. The molecule has 3 heteroatoms. The minimum absolute atomic E-state index is 0. The van der Waals surface area contributed by atoms with Crippen molar-refractivity contribution in [1.82, 2.24) is 4.90 Å². The van der Waals surface area contributed by atoms with E-state index >= 15 is 0 Å². The summed E-state index contributed by atoms with van der Waals surface area (Å²) < 4.78 is 0. The molecular formula is C19H30ClNO. The van der Waals surface area contributed by atoms with Gasteiger partial charge in [0.05, 0.1) is 5.60 Å². The summed E-state index contributed by atoms with van der Waals surface area (Å²) in [5, 5.41) is 11.4. The maximum Gasteiger partial charge on any atom is 0.0728 e. The van der Waals surface area contributed by atoms with E-state index in [1.54, 1.807) is 0 Å². The van der Waals surface area contributed by atoms with Crippen molar-refractivity contribution in [3.05, 3.63) is 35.9 Å². The summed E-state index contributed by atoms with van der Waals surface area (Å²) in [6.07, 6.45) is 7.85. The first-order valence-corrected chi connectivity index (χ1v) is 8.58. The van der Waals surface area contributed by atoms with Crippen LogP contribution in [0, 0.1) is 5.41 Å². The van der Waals surface area contributed by atoms with Gasteiger partial charge in [-0.1, -0.05) is 50.1 Å². The summed E-state index contributed by atoms with van der Waals surface area (Å²) in [7, 11) is 2.25. The highest BCUT2D eigenvalue weighted by atomic mass is 35.5. The molecule has 0 bridgehead atoms. The molecule has 1 aliphatic carbocycles. The molecule has 2 fully saturated rings. The Hall–Kier alpha value is -0.570. The lowest BCUT2D eigenvalue weighted by Crippen LogP contribution is -2.64. The minimum atomic E-state index is -0.463. The van der Waals surface area contributed by atoms with Crippen LogP contribution in [0.25, 0.3) is 0 Å². The number of benzene rings is 1. The quantitative estimate of drug-likeness (QED) is 0.907. The van der Waals surface area contributed by atoms with E-state index in [0.717, 1.165) is 25.8 Å². The Morgan fingerprint density at radius 3 is 2.36 bits per heavy atom. The second-order valence-electron chi connectivity index (χ2n) is 7.18. The summed E-state index contributed by atoms with van der Waals surface area (Å²) >= 11 is 0. The fourth-order valence-electron chi connectivity index (χ4n) is 5.02. The van der Waals surface area contributed by atoms with Crippen molar-refractivity contribution in [2.45, 2.75) is 63.5 Å². The van der Waals surface area contributed by atoms with Crippen LogP contribution in [0.1, 0.15) is 51.0 Å². The van der Waals surface area contributed by atoms with Gasteiger partial charge in [-0.2, -0.15) is 0 Å². The third-order valence-corrected chi connectivity index (χ3v) is 6.33. The Morgan fingerprint density at radius 1 is 1.14 bits per heavy atom. The molecule has 0 aromatic heterocycles. The first kappa shape index (κ1) is 17.8. The molecule has 1 saturated heterocycles. The number of hydrogen-bond acceptors (Lipinski definition) is 2. The molecular weight excluding hydrogens is 294 g/mol. The second kappa shape index (κ2) is 6.90. The molecule has 2 unspecified atom stereocenters. The highest BCUT2D eigenvalue weighted by Crippen LogP contribution is 2.55. The summed E-state index contributed by atoms with van der Waals surface area (Å²) in [6.45, 7) is 3.19. The number of aliphatic hydroxyl groups is 1. The molecule has 1 heterocycles. The normalized spacial score (nSPS) is 31.1. The average Bonchev–Trinajstić information content (AvgIpc) is 3.00. The molecule has 22 heavy (non-hydrogen) atoms. The van der Waals surface area contributed by atoms with Crippen LogP contribution >= 0.6 is 12.4 Å². The monoisotopic (exact) mass is 323 g/mol. The van der Waals surface area contributed by atoms with Gasteiger partial charge in [-0.3, -0.25) is 0 Å². The van der Waals surface area contributed by atoms with Gasteiger partial charge in [0, 0.05) is 18.0 Å². The first-order valence-electron chi connectivity index (χ1n) is 8.58. The van der Waals surface area contributed by atoms with E-state index in [2.05, 4.69) is 49.2 Å². The number of rotatable bonds is 3. The Labute approximate surface area is 141 Å². The average molecular weight is 324 g/mol. The van der Waals surface area contributed by atoms with Gasteiger partial charge < -0.3 is 10.0 Å². The SMILES string of the molecule is CCC1(O)CCN(C)C(Cc2ccccc2)C12CCCC2.Cl. The van der Waals surface area contributed by atoms with Crippen LogP contribution in [-0.2, 0) is 6.42 Å². The van der Waals surface area contributed by atoms with Crippen LogP contribution in [-0.4, -0.2) is 35.2 Å². The van der Waals surface area contributed by atoms with Crippen molar-refractivity contribution in [1.29, 1.82) is 0 Å². The van der Waals surface area contributed by atoms with Gasteiger partial charge in [0.25, 0.3) is 0 Å². The van der Waals surface area contributed by atoms with E-state index in [1.165, 1.54) is 31.2 Å². The van der Waals surface area contributed by atoms with E-state index in [4.69, 9.17) is 0 Å². The zero-order chi connectivity index (χ0) is 14.9. The highest BCUT2D eigenvalue weighted by molar-refractivity contribution is 5.85. The van der Waals surface area contributed by atoms with Gasteiger partial charge in [0.2, 0.25) is 0 Å². The van der Waals surface area contributed by atoms with E-state index in [0.29, 0.717) is 6.04 Å². The van der Waals surface area contributed by atoms with Crippen LogP contribution in [0.5, 0.6) is 0 Å². The molecule has 1 aliphatic heterocycles. The van der Waals surface area contributed by atoms with Crippen molar-refractivity contribution in [3.63, 3.8) is 0 Å². The lowest BCUT2D eigenvalue weighted by Gasteiger charge is -2.57. The number of halogens is 1. The molecule has 2 atom stereocenters. The summed E-state index contributed by atoms with van der Waals surface area (Å²) in [6, 6.07) is 11.3. The number of likely N-dealkylation sites (N-methyl/N-ethyl adjacent to an activating group) is 1. The fraction of sp³-hybridized carbons (Fsp3) is 0.684. The number of piperidine rings is 1. The zero-order valence-corrected chi connectivity index (χ0v) is 14.7. The summed E-state index contributed by atoms with van der Waals surface area (Å²) in [5.74, 6) is 0. The number of hydrogen-bond donors (Lipinski definition) is 1. The van der Waals surface area contributed by atoms with Crippen molar-refractivity contribution in [2.75, 3.05) is 13.6 Å². The topological polar surface area (TPSA) is 23.5 Å². The van der Waals surface area contributed by atoms with E-state index in [1.807, 2.05) is 0 Å². The molecule has 1 aromatic rings. The molecule has 3 rings (SSSR count). The smallest absolute Gasteiger partial charge is 0.0728 e. The third kappa shape index (κ3) is 2.81. The van der Waals surface area contributed by atoms with E-state index in [-0.39, 0.29) is 17.8 Å². The molecule has 1 N–H and O–H groups in total. The molecule has 1 saturated carbocycles. The molecule has 2 aliphatic rings. The minimum Gasteiger partial charge on any atom is -0.389 e. The molecule has 0 radical (unpaired) electrons. The maximum atomic E-state index is 11.4. The van der Waals surface area contributed by atoms with E-state index in [9.17, 15) is 5.11 Å². The molecule has 1 aromatic carbocycles. The molecule has 124 valence electrons. The Kier molecular flexibility index (Phi) is 5.58. The predicted octanol–water partition coefficient (Wildman–Crippen LogP) is 4.06. The Morgan fingerprint density at radius 2 is 1.77 bits per heavy atom. The van der Waals surface area contributed by atoms with Gasteiger partial charge in [-0.15, -0.1) is 12.4 Å². The fourth-order valence-corrected chi connectivity index (χ4v) is 5.02. The summed E-state index contributed by atoms with van der Waals surface area (Å²) in [4.78, 5) is 2.52. The third-order valence-electron chi connectivity index (χ3n) is 6.33. The van der Waals surface area contributed by atoms with Crippen molar-refractivity contribution < 1.29 is 5.11 Å². The lowest BCUT2D eigenvalue weighted by molar-refractivity contribution is -0.160. The standard InChI is InChI=1S/C19H29NO.ClH/c1-3-19(21)13-14-20(2)17(18(19)11-7-8-12-18)15-16-9-5-4-6-10-16;/h4-6,9-10,17,21H,3,7-8,11-15H2,1-2H3;1H. The highest BCUT2D eigenvalue weighted by Gasteiger charge is 2.58. The number of likely N-dealkylation sites (tertiary alicyclic amines) is 1. The van der Waals surface area contributed by atoms with Gasteiger partial charge in [-0.05, 0) is 44.7 Å². The van der Waals surface area contributed by atoms with Crippen molar-refractivity contribution in [2.24, 2.45) is 5.41 Å². The van der Waals surface area contributed by atoms with Crippen LogP contribution in [0.2, 0.25) is 0 Å². The van der Waals surface area contributed by atoms with Crippen molar-refractivity contribution >= 4 is 12.4 Å². The van der Waals surface area contributed by atoms with Gasteiger partial charge >= 0.3 is 0 Å². The van der Waals surface area contributed by atoms with Gasteiger partial charge in [-0.25, -0.2) is 0 Å².